The van der Waals surface area contributed by atoms with Crippen molar-refractivity contribution in [2.24, 2.45) is 0 Å². The van der Waals surface area contributed by atoms with Gasteiger partial charge in [0.1, 0.15) is 0 Å². The summed E-state index contributed by atoms with van der Waals surface area (Å²) in [6.07, 6.45) is 1.48. The van der Waals surface area contributed by atoms with E-state index in [1.807, 2.05) is 0 Å². The molecule has 0 unspecified atom stereocenters. The largest absolute Gasteiger partial charge is 0.417 e. The van der Waals surface area contributed by atoms with Crippen LogP contribution < -0.4 is 10.6 Å². The quantitative estimate of drug-likeness (QED) is 0.462. The van der Waals surface area contributed by atoms with E-state index in [4.69, 9.17) is 11.6 Å². The lowest BCUT2D eigenvalue weighted by atomic mass is 10.1. The van der Waals surface area contributed by atoms with E-state index in [9.17, 15) is 22.8 Å². The molecule has 0 radical (unpaired) electrons. The molecule has 0 fully saturated rings. The Morgan fingerprint density at radius 1 is 1.06 bits per heavy atom. The van der Waals surface area contributed by atoms with E-state index in [1.54, 1.807) is 43.6 Å². The molecule has 0 spiro atoms. The minimum Gasteiger partial charge on any atom is -0.322 e. The van der Waals surface area contributed by atoms with Crippen molar-refractivity contribution in [1.29, 1.82) is 0 Å². The zero-order valence-corrected chi connectivity index (χ0v) is 17.5. The second-order valence-electron chi connectivity index (χ2n) is 6.79. The van der Waals surface area contributed by atoms with Gasteiger partial charge in [0.2, 0.25) is 5.91 Å². The number of carbonyl (C=O) groups excluding carboxylic acids is 2. The van der Waals surface area contributed by atoms with Crippen LogP contribution in [0.15, 0.2) is 67.0 Å². The highest BCUT2D eigenvalue weighted by atomic mass is 35.5. The summed E-state index contributed by atoms with van der Waals surface area (Å²) in [6.45, 7) is 1.75. The van der Waals surface area contributed by atoms with E-state index in [0.29, 0.717) is 11.3 Å². The van der Waals surface area contributed by atoms with Gasteiger partial charge in [-0.3, -0.25) is 14.6 Å². The number of carbonyl (C=O) groups is 2. The fraction of sp³-hybridized carbons (Fsp3) is 0.0870. The molecule has 9 heteroatoms. The molecule has 0 aliphatic carbocycles. The minimum absolute atomic E-state index is 0.0581. The Bertz CT molecular complexity index is 1180. The average Bonchev–Trinajstić information content (AvgIpc) is 2.75. The first kappa shape index (κ1) is 23.0. The fourth-order valence-corrected chi connectivity index (χ4v) is 2.97. The molecule has 2 amide bonds. The van der Waals surface area contributed by atoms with Gasteiger partial charge in [-0.2, -0.15) is 13.2 Å². The van der Waals surface area contributed by atoms with Gasteiger partial charge in [0.05, 0.1) is 10.6 Å². The molecule has 0 bridgehead atoms. The summed E-state index contributed by atoms with van der Waals surface area (Å²) in [6, 6.07) is 11.2. The summed E-state index contributed by atoms with van der Waals surface area (Å²) in [7, 11) is 0. The molecule has 0 saturated heterocycles. The molecule has 1 aromatic heterocycles. The Kier molecular flexibility index (Phi) is 6.95. The van der Waals surface area contributed by atoms with Gasteiger partial charge in [0.25, 0.3) is 5.91 Å². The van der Waals surface area contributed by atoms with E-state index in [1.165, 1.54) is 24.3 Å². The Morgan fingerprint density at radius 3 is 2.53 bits per heavy atom. The third-order valence-corrected chi connectivity index (χ3v) is 4.73. The van der Waals surface area contributed by atoms with Crippen LogP contribution in [0.3, 0.4) is 0 Å². The zero-order chi connectivity index (χ0) is 23.3. The molecule has 0 aliphatic heterocycles. The second-order valence-corrected chi connectivity index (χ2v) is 7.19. The van der Waals surface area contributed by atoms with Crippen LogP contribution in [0.2, 0.25) is 5.02 Å². The van der Waals surface area contributed by atoms with Gasteiger partial charge in [0, 0.05) is 35.4 Å². The summed E-state index contributed by atoms with van der Waals surface area (Å²) in [5, 5.41) is 4.63. The molecule has 1 heterocycles. The van der Waals surface area contributed by atoms with E-state index in [-0.39, 0.29) is 11.3 Å². The van der Waals surface area contributed by atoms with E-state index >= 15 is 0 Å². The van der Waals surface area contributed by atoms with Crippen LogP contribution in [0.1, 0.15) is 27.0 Å². The summed E-state index contributed by atoms with van der Waals surface area (Å²) in [5.74, 6) is -1.05. The molecule has 3 rings (SSSR count). The summed E-state index contributed by atoms with van der Waals surface area (Å²) in [5.41, 5.74) is 0.895. The van der Waals surface area contributed by atoms with Crippen LogP contribution in [0.5, 0.6) is 0 Å². The first-order chi connectivity index (χ1) is 15.1. The van der Waals surface area contributed by atoms with Crippen molar-refractivity contribution in [2.75, 3.05) is 10.6 Å². The SMILES string of the molecule is Cc1ccc(C(=O)Nc2ccc(Cl)c(C(F)(F)F)c2)cc1NC(=O)C=Cc1cccnc1. The Labute approximate surface area is 186 Å². The maximum absolute atomic E-state index is 13.0. The molecule has 0 atom stereocenters. The number of anilines is 2. The Balaban J connectivity index is 1.74. The topological polar surface area (TPSA) is 71.1 Å². The predicted octanol–water partition coefficient (Wildman–Crippen LogP) is 5.97. The van der Waals surface area contributed by atoms with E-state index < -0.39 is 28.6 Å². The smallest absolute Gasteiger partial charge is 0.322 e. The standard InChI is InChI=1S/C23H17ClF3N3O2/c1-14-4-6-16(11-20(14)30-21(31)9-5-15-3-2-10-28-13-15)22(32)29-17-7-8-19(24)18(12-17)23(25,26)27/h2-13H,1H3,(H,29,32)(H,30,31). The van der Waals surface area contributed by atoms with Gasteiger partial charge in [-0.1, -0.05) is 23.7 Å². The molecule has 164 valence electrons. The van der Waals surface area contributed by atoms with Crippen molar-refractivity contribution >= 4 is 40.9 Å². The number of aryl methyl sites for hydroxylation is 1. The van der Waals surface area contributed by atoms with E-state index in [0.717, 1.165) is 17.7 Å². The Morgan fingerprint density at radius 2 is 1.84 bits per heavy atom. The monoisotopic (exact) mass is 459 g/mol. The van der Waals surface area contributed by atoms with Crippen molar-refractivity contribution in [3.63, 3.8) is 0 Å². The highest BCUT2D eigenvalue weighted by Gasteiger charge is 2.33. The van der Waals surface area contributed by atoms with E-state index in [2.05, 4.69) is 15.6 Å². The highest BCUT2D eigenvalue weighted by molar-refractivity contribution is 6.31. The summed E-state index contributed by atoms with van der Waals surface area (Å²) in [4.78, 5) is 28.7. The molecular formula is C23H17ClF3N3O2. The first-order valence-electron chi connectivity index (χ1n) is 9.31. The maximum Gasteiger partial charge on any atom is 0.417 e. The van der Waals surface area contributed by atoms with Gasteiger partial charge in [0.15, 0.2) is 0 Å². The molecule has 5 nitrogen and oxygen atoms in total. The maximum atomic E-state index is 13.0. The number of amides is 2. The number of hydrogen-bond acceptors (Lipinski definition) is 3. The van der Waals surface area contributed by atoms with Crippen LogP contribution in [0.25, 0.3) is 6.08 Å². The van der Waals surface area contributed by atoms with Crippen molar-refractivity contribution < 1.29 is 22.8 Å². The molecular weight excluding hydrogens is 443 g/mol. The molecule has 0 aliphatic rings. The number of halogens is 4. The van der Waals surface area contributed by atoms with Crippen LogP contribution in [0.4, 0.5) is 24.5 Å². The summed E-state index contributed by atoms with van der Waals surface area (Å²) < 4.78 is 39.1. The normalized spacial score (nSPS) is 11.4. The number of aromatic nitrogens is 1. The number of rotatable bonds is 5. The van der Waals surface area contributed by atoms with Gasteiger partial charge < -0.3 is 10.6 Å². The van der Waals surface area contributed by atoms with Gasteiger partial charge in [-0.05, 0) is 60.5 Å². The predicted molar refractivity (Wildman–Crippen MR) is 117 cm³/mol. The molecule has 3 aromatic rings. The minimum atomic E-state index is -4.65. The number of nitrogens with zero attached hydrogens (tertiary/aromatic N) is 1. The lowest BCUT2D eigenvalue weighted by Gasteiger charge is -2.13. The van der Waals surface area contributed by atoms with Gasteiger partial charge in [-0.15, -0.1) is 0 Å². The van der Waals surface area contributed by atoms with Gasteiger partial charge in [-0.25, -0.2) is 0 Å². The van der Waals surface area contributed by atoms with Crippen molar-refractivity contribution in [1.82, 2.24) is 4.98 Å². The number of hydrogen-bond donors (Lipinski definition) is 2. The zero-order valence-electron chi connectivity index (χ0n) is 16.7. The van der Waals surface area contributed by atoms with Crippen LogP contribution in [0, 0.1) is 6.92 Å². The van der Waals surface area contributed by atoms with Crippen LogP contribution >= 0.6 is 11.6 Å². The fourth-order valence-electron chi connectivity index (χ4n) is 2.74. The number of pyridine rings is 1. The third kappa shape index (κ3) is 5.95. The first-order valence-corrected chi connectivity index (χ1v) is 9.69. The molecule has 0 saturated carbocycles. The molecule has 2 aromatic carbocycles. The molecule has 32 heavy (non-hydrogen) atoms. The number of nitrogens with one attached hydrogen (secondary N) is 2. The number of alkyl halides is 3. The van der Waals surface area contributed by atoms with Gasteiger partial charge >= 0.3 is 6.18 Å². The van der Waals surface area contributed by atoms with Crippen LogP contribution in [-0.2, 0) is 11.0 Å². The van der Waals surface area contributed by atoms with Crippen molar-refractivity contribution in [3.05, 3.63) is 94.3 Å². The average molecular weight is 460 g/mol. The lowest BCUT2D eigenvalue weighted by Crippen LogP contribution is -2.15. The highest BCUT2D eigenvalue weighted by Crippen LogP contribution is 2.36. The van der Waals surface area contributed by atoms with Crippen molar-refractivity contribution in [2.45, 2.75) is 13.1 Å². The Hall–Kier alpha value is -3.65. The summed E-state index contributed by atoms with van der Waals surface area (Å²) >= 11 is 5.60. The number of benzene rings is 2. The van der Waals surface area contributed by atoms with Crippen molar-refractivity contribution in [3.8, 4) is 0 Å². The third-order valence-electron chi connectivity index (χ3n) is 4.40. The second kappa shape index (κ2) is 9.65. The lowest BCUT2D eigenvalue weighted by molar-refractivity contribution is -0.137. The molecule has 2 N–H and O–H groups in total. The van der Waals surface area contributed by atoms with Crippen LogP contribution in [-0.4, -0.2) is 16.8 Å².